The molecule has 0 aliphatic carbocycles. The smallest absolute Gasteiger partial charge is 0.240 e. The third-order valence-corrected chi connectivity index (χ3v) is 4.05. The molecule has 6 heteroatoms. The first-order valence-corrected chi connectivity index (χ1v) is 8.54. The second-order valence-electron chi connectivity index (χ2n) is 4.29. The Labute approximate surface area is 139 Å². The van der Waals surface area contributed by atoms with Crippen LogP contribution in [0.25, 0.3) is 0 Å². The number of aromatic nitrogens is 1. The summed E-state index contributed by atoms with van der Waals surface area (Å²) in [6, 6.07) is 9.39. The van der Waals surface area contributed by atoms with Crippen molar-refractivity contribution in [2.24, 2.45) is 0 Å². The zero-order valence-corrected chi connectivity index (χ0v) is 14.1. The highest BCUT2D eigenvalue weighted by molar-refractivity contribution is 7.98. The van der Waals surface area contributed by atoms with Gasteiger partial charge < -0.3 is 10.1 Å². The number of benzene rings is 1. The van der Waals surface area contributed by atoms with Gasteiger partial charge in [-0.2, -0.15) is 4.98 Å². The van der Waals surface area contributed by atoms with E-state index in [4.69, 9.17) is 27.9 Å². The van der Waals surface area contributed by atoms with E-state index in [0.29, 0.717) is 21.7 Å². The Bertz CT molecular complexity index is 623. The van der Waals surface area contributed by atoms with Gasteiger partial charge in [0.05, 0.1) is 5.02 Å². The van der Waals surface area contributed by atoms with Crippen LogP contribution in [0.3, 0.4) is 0 Å². The fraction of sp³-hybridized carbons (Fsp3) is 0.267. The van der Waals surface area contributed by atoms with Crippen molar-refractivity contribution in [3.8, 4) is 11.6 Å². The molecule has 0 saturated heterocycles. The molecule has 0 saturated carbocycles. The van der Waals surface area contributed by atoms with Crippen LogP contribution in [0.1, 0.15) is 13.3 Å². The molecule has 3 nitrogen and oxygen atoms in total. The molecule has 0 amide bonds. The molecule has 112 valence electrons. The third kappa shape index (κ3) is 4.19. The van der Waals surface area contributed by atoms with E-state index in [0.717, 1.165) is 23.6 Å². The van der Waals surface area contributed by atoms with E-state index in [9.17, 15) is 0 Å². The maximum Gasteiger partial charge on any atom is 0.240 e. The summed E-state index contributed by atoms with van der Waals surface area (Å²) in [6.07, 6.45) is 2.97. The van der Waals surface area contributed by atoms with Crippen LogP contribution in [0.4, 0.5) is 5.82 Å². The third-order valence-electron chi connectivity index (χ3n) is 2.72. The summed E-state index contributed by atoms with van der Waals surface area (Å²) in [5.74, 6) is 1.66. The van der Waals surface area contributed by atoms with Crippen molar-refractivity contribution in [2.75, 3.05) is 18.1 Å². The molecular weight excluding hydrogens is 327 g/mol. The fourth-order valence-corrected chi connectivity index (χ4v) is 2.69. The van der Waals surface area contributed by atoms with Gasteiger partial charge in [-0.3, -0.25) is 0 Å². The minimum atomic E-state index is 0.348. The Kier molecular flexibility index (Phi) is 6.03. The summed E-state index contributed by atoms with van der Waals surface area (Å²) in [5, 5.41) is 4.03. The molecule has 0 bridgehead atoms. The molecule has 0 aliphatic heterocycles. The highest BCUT2D eigenvalue weighted by atomic mass is 35.5. The van der Waals surface area contributed by atoms with Crippen molar-refractivity contribution in [3.63, 3.8) is 0 Å². The molecule has 0 fully saturated rings. The fourth-order valence-electron chi connectivity index (χ4n) is 1.70. The molecule has 0 aliphatic rings. The Morgan fingerprint density at radius 2 is 2.00 bits per heavy atom. The molecule has 21 heavy (non-hydrogen) atoms. The number of nitrogens with one attached hydrogen (secondary N) is 1. The largest absolute Gasteiger partial charge is 0.436 e. The normalized spacial score (nSPS) is 10.5. The lowest BCUT2D eigenvalue weighted by Crippen LogP contribution is -2.03. The highest BCUT2D eigenvalue weighted by Gasteiger charge is 2.12. The number of ether oxygens (including phenoxy) is 1. The van der Waals surface area contributed by atoms with Gasteiger partial charge in [-0.1, -0.05) is 42.3 Å². The van der Waals surface area contributed by atoms with Crippen molar-refractivity contribution < 1.29 is 4.74 Å². The lowest BCUT2D eigenvalue weighted by atomic mass is 10.3. The number of nitrogens with zero attached hydrogens (tertiary/aromatic N) is 1. The molecule has 0 spiro atoms. The van der Waals surface area contributed by atoms with E-state index < -0.39 is 0 Å². The molecule has 1 heterocycles. The van der Waals surface area contributed by atoms with Gasteiger partial charge >= 0.3 is 0 Å². The zero-order valence-electron chi connectivity index (χ0n) is 11.8. The van der Waals surface area contributed by atoms with Crippen molar-refractivity contribution in [1.82, 2.24) is 4.98 Å². The highest BCUT2D eigenvalue weighted by Crippen LogP contribution is 2.36. The Morgan fingerprint density at radius 3 is 2.71 bits per heavy atom. The number of thioether (sulfide) groups is 1. The summed E-state index contributed by atoms with van der Waals surface area (Å²) < 4.78 is 5.84. The Hall–Kier alpha value is -1.10. The minimum Gasteiger partial charge on any atom is -0.436 e. The van der Waals surface area contributed by atoms with Crippen molar-refractivity contribution >= 4 is 40.8 Å². The van der Waals surface area contributed by atoms with Crippen LogP contribution in [0.15, 0.2) is 35.2 Å². The summed E-state index contributed by atoms with van der Waals surface area (Å²) in [5.41, 5.74) is 0. The van der Waals surface area contributed by atoms with Crippen LogP contribution in [-0.4, -0.2) is 17.8 Å². The van der Waals surface area contributed by atoms with E-state index in [1.807, 2.05) is 30.5 Å². The lowest BCUT2D eigenvalue weighted by molar-refractivity contribution is 0.453. The first kappa shape index (κ1) is 16.3. The molecule has 0 radical (unpaired) electrons. The van der Waals surface area contributed by atoms with Crippen molar-refractivity contribution in [1.29, 1.82) is 0 Å². The predicted molar refractivity (Wildman–Crippen MR) is 91.3 cm³/mol. The molecule has 0 atom stereocenters. The second kappa shape index (κ2) is 7.78. The molecule has 2 rings (SSSR count). The SMILES string of the molecule is CCCNc1nc(Oc2ccccc2SC)c(Cl)cc1Cl. The van der Waals surface area contributed by atoms with E-state index in [2.05, 4.69) is 17.2 Å². The molecule has 1 N–H and O–H groups in total. The average Bonchev–Trinajstić information content (AvgIpc) is 2.49. The molecule has 1 aromatic carbocycles. The lowest BCUT2D eigenvalue weighted by Gasteiger charge is -2.13. The Morgan fingerprint density at radius 1 is 1.24 bits per heavy atom. The van der Waals surface area contributed by atoms with Crippen LogP contribution < -0.4 is 10.1 Å². The number of para-hydroxylation sites is 1. The van der Waals surface area contributed by atoms with Gasteiger partial charge in [0, 0.05) is 11.4 Å². The van der Waals surface area contributed by atoms with Crippen LogP contribution in [0.5, 0.6) is 11.6 Å². The molecule has 1 aromatic heterocycles. The number of hydrogen-bond donors (Lipinski definition) is 1. The van der Waals surface area contributed by atoms with Gasteiger partial charge in [-0.05, 0) is 30.9 Å². The van der Waals surface area contributed by atoms with Crippen molar-refractivity contribution in [3.05, 3.63) is 40.4 Å². The molecule has 2 aromatic rings. The van der Waals surface area contributed by atoms with Gasteiger partial charge in [0.15, 0.2) is 0 Å². The van der Waals surface area contributed by atoms with Crippen molar-refractivity contribution in [2.45, 2.75) is 18.2 Å². The topological polar surface area (TPSA) is 34.2 Å². The summed E-state index contributed by atoms with van der Waals surface area (Å²) in [7, 11) is 0. The summed E-state index contributed by atoms with van der Waals surface area (Å²) in [6.45, 7) is 2.86. The Balaban J connectivity index is 2.30. The summed E-state index contributed by atoms with van der Waals surface area (Å²) in [4.78, 5) is 5.40. The van der Waals surface area contributed by atoms with Gasteiger partial charge in [-0.15, -0.1) is 11.8 Å². The molecule has 0 unspecified atom stereocenters. The monoisotopic (exact) mass is 342 g/mol. The summed E-state index contributed by atoms with van der Waals surface area (Å²) >= 11 is 13.9. The van der Waals surface area contributed by atoms with Crippen LogP contribution in [0, 0.1) is 0 Å². The molecular formula is C15H16Cl2N2OS. The average molecular weight is 343 g/mol. The number of hydrogen-bond acceptors (Lipinski definition) is 4. The maximum atomic E-state index is 6.17. The number of anilines is 1. The van der Waals surface area contributed by atoms with Gasteiger partial charge in [0.1, 0.15) is 16.6 Å². The van der Waals surface area contributed by atoms with Gasteiger partial charge in [-0.25, -0.2) is 0 Å². The first-order chi connectivity index (χ1) is 10.2. The minimum absolute atomic E-state index is 0.348. The van der Waals surface area contributed by atoms with E-state index in [1.165, 1.54) is 0 Å². The van der Waals surface area contributed by atoms with E-state index in [1.54, 1.807) is 17.8 Å². The second-order valence-corrected chi connectivity index (χ2v) is 5.95. The van der Waals surface area contributed by atoms with E-state index in [-0.39, 0.29) is 0 Å². The number of rotatable bonds is 6. The van der Waals surface area contributed by atoms with Gasteiger partial charge in [0.2, 0.25) is 5.88 Å². The number of halogens is 2. The zero-order chi connectivity index (χ0) is 15.2. The van der Waals surface area contributed by atoms with Crippen LogP contribution in [-0.2, 0) is 0 Å². The van der Waals surface area contributed by atoms with E-state index >= 15 is 0 Å². The van der Waals surface area contributed by atoms with Gasteiger partial charge in [0.25, 0.3) is 0 Å². The predicted octanol–water partition coefficient (Wildman–Crippen LogP) is 5.72. The standard InChI is InChI=1S/C15H16Cl2N2OS/c1-3-8-18-14-10(16)9-11(17)15(19-14)20-12-6-4-5-7-13(12)21-2/h4-7,9H,3,8H2,1-2H3,(H,18,19). The first-order valence-electron chi connectivity index (χ1n) is 6.56. The quantitative estimate of drug-likeness (QED) is 0.680. The number of pyridine rings is 1. The maximum absolute atomic E-state index is 6.17. The van der Waals surface area contributed by atoms with Crippen LogP contribution >= 0.6 is 35.0 Å². The van der Waals surface area contributed by atoms with Crippen LogP contribution in [0.2, 0.25) is 10.0 Å².